The second kappa shape index (κ2) is 6.72. The number of carbonyl (C=O) groups is 1. The Hall–Kier alpha value is -3.41. The third-order valence-corrected chi connectivity index (χ3v) is 4.46. The molecule has 0 fully saturated rings. The van der Waals surface area contributed by atoms with Crippen molar-refractivity contribution in [3.63, 3.8) is 0 Å². The van der Waals surface area contributed by atoms with Gasteiger partial charge in [0.25, 0.3) is 0 Å². The molecule has 0 saturated carbocycles. The van der Waals surface area contributed by atoms with Crippen molar-refractivity contribution < 1.29 is 23.6 Å². The first-order chi connectivity index (χ1) is 13.1. The minimum absolute atomic E-state index is 0.0628. The highest BCUT2D eigenvalue weighted by Crippen LogP contribution is 2.41. The van der Waals surface area contributed by atoms with Gasteiger partial charge in [0.2, 0.25) is 5.82 Å². The van der Waals surface area contributed by atoms with E-state index < -0.39 is 12.0 Å². The molecule has 4 rings (SSSR count). The predicted octanol–water partition coefficient (Wildman–Crippen LogP) is 3.32. The Balaban J connectivity index is 1.71. The molecule has 0 amide bonds. The van der Waals surface area contributed by atoms with E-state index in [2.05, 4.69) is 0 Å². The molecule has 0 spiro atoms. The summed E-state index contributed by atoms with van der Waals surface area (Å²) in [7, 11) is 1.40. The molecule has 1 aromatic heterocycles. The molecule has 0 radical (unpaired) electrons. The van der Waals surface area contributed by atoms with Gasteiger partial charge in [0.15, 0.2) is 5.94 Å². The number of benzene rings is 2. The van der Waals surface area contributed by atoms with E-state index in [-0.39, 0.29) is 18.1 Å². The lowest BCUT2D eigenvalue weighted by atomic mass is 10.1. The molecule has 2 aromatic carbocycles. The number of para-hydroxylation sites is 1. The Kier molecular flexibility index (Phi) is 4.24. The van der Waals surface area contributed by atoms with Crippen LogP contribution in [-0.4, -0.2) is 28.7 Å². The molecule has 0 bridgehead atoms. The van der Waals surface area contributed by atoms with Gasteiger partial charge in [-0.15, -0.1) is 0 Å². The zero-order valence-electron chi connectivity index (χ0n) is 14.4. The molecule has 1 unspecified atom stereocenters. The molecule has 1 aliphatic rings. The molecule has 1 atom stereocenters. The van der Waals surface area contributed by atoms with Crippen molar-refractivity contribution in [2.45, 2.75) is 12.5 Å². The fourth-order valence-electron chi connectivity index (χ4n) is 3.37. The van der Waals surface area contributed by atoms with E-state index in [0.29, 0.717) is 22.3 Å². The highest BCUT2D eigenvalue weighted by atomic mass is 19.1. The van der Waals surface area contributed by atoms with Crippen molar-refractivity contribution in [2.75, 3.05) is 7.11 Å². The number of carbonyl (C=O) groups excluding carboxylic acids is 2. The molecule has 7 heteroatoms. The normalized spacial score (nSPS) is 15.7. The Morgan fingerprint density at radius 3 is 2.67 bits per heavy atom. The van der Waals surface area contributed by atoms with Crippen LogP contribution in [0.25, 0.3) is 16.7 Å². The highest BCUT2D eigenvalue weighted by molar-refractivity contribution is 5.91. The molecule has 0 N–H and O–H groups in total. The quantitative estimate of drug-likeness (QED) is 0.403. The van der Waals surface area contributed by atoms with E-state index in [9.17, 15) is 14.0 Å². The average molecular weight is 366 g/mol. The van der Waals surface area contributed by atoms with Crippen LogP contribution in [0.4, 0.5) is 4.39 Å². The maximum Gasteiger partial charge on any atom is 0.313 e. The molecule has 1 aliphatic heterocycles. The first-order valence-electron chi connectivity index (χ1n) is 8.28. The number of nitrogens with zero attached hydrogens (tertiary/aromatic N) is 2. The minimum atomic E-state index is -0.599. The van der Waals surface area contributed by atoms with Gasteiger partial charge >= 0.3 is 5.97 Å². The SMILES string of the molecule is CON1C(=C=O)n2c(cc3cc(F)ccc32)C1CC(=O)Oc1ccccc1. The van der Waals surface area contributed by atoms with Gasteiger partial charge < -0.3 is 4.74 Å². The third kappa shape index (κ3) is 2.89. The monoisotopic (exact) mass is 366 g/mol. The van der Waals surface area contributed by atoms with E-state index in [1.54, 1.807) is 41.0 Å². The van der Waals surface area contributed by atoms with Crippen LogP contribution in [0.5, 0.6) is 5.75 Å². The summed E-state index contributed by atoms with van der Waals surface area (Å²) < 4.78 is 20.5. The maximum atomic E-state index is 13.6. The Morgan fingerprint density at radius 1 is 1.19 bits per heavy atom. The third-order valence-electron chi connectivity index (χ3n) is 4.46. The van der Waals surface area contributed by atoms with Gasteiger partial charge in [-0.2, -0.15) is 0 Å². The largest absolute Gasteiger partial charge is 0.426 e. The van der Waals surface area contributed by atoms with Crippen LogP contribution in [0.3, 0.4) is 0 Å². The number of hydrogen-bond donors (Lipinski definition) is 0. The van der Waals surface area contributed by atoms with Gasteiger partial charge in [-0.05, 0) is 36.4 Å². The van der Waals surface area contributed by atoms with Crippen LogP contribution in [0.2, 0.25) is 0 Å². The number of hydroxylamine groups is 2. The number of ether oxygens (including phenoxy) is 1. The van der Waals surface area contributed by atoms with Crippen molar-refractivity contribution in [2.24, 2.45) is 0 Å². The number of hydrogen-bond acceptors (Lipinski definition) is 5. The fraction of sp³-hybridized carbons (Fsp3) is 0.150. The molecule has 2 heterocycles. The van der Waals surface area contributed by atoms with E-state index in [0.717, 1.165) is 0 Å². The van der Waals surface area contributed by atoms with Gasteiger partial charge in [-0.1, -0.05) is 18.2 Å². The number of aromatic nitrogens is 1. The van der Waals surface area contributed by atoms with E-state index in [4.69, 9.17) is 9.57 Å². The lowest BCUT2D eigenvalue weighted by Gasteiger charge is -2.22. The molecule has 0 saturated heterocycles. The van der Waals surface area contributed by atoms with Crippen molar-refractivity contribution in [1.29, 1.82) is 0 Å². The highest BCUT2D eigenvalue weighted by Gasteiger charge is 2.39. The van der Waals surface area contributed by atoms with Gasteiger partial charge in [0.1, 0.15) is 17.6 Å². The van der Waals surface area contributed by atoms with Gasteiger partial charge in [-0.25, -0.2) is 14.2 Å². The lowest BCUT2D eigenvalue weighted by Crippen LogP contribution is -2.25. The summed E-state index contributed by atoms with van der Waals surface area (Å²) in [6.45, 7) is 0. The number of rotatable bonds is 4. The summed E-state index contributed by atoms with van der Waals surface area (Å²) in [6.07, 6.45) is -0.0628. The van der Waals surface area contributed by atoms with Crippen LogP contribution in [-0.2, 0) is 14.4 Å². The topological polar surface area (TPSA) is 60.8 Å². The Bertz CT molecular complexity index is 1070. The Labute approximate surface area is 154 Å². The standard InChI is InChI=1S/C20H15FN2O4/c1-26-23-18(11-20(25)27-15-5-3-2-4-6-15)17-10-13-9-14(21)7-8-16(13)22(17)19(23)12-24/h2-10,18H,11H2,1H3. The number of esters is 1. The smallest absolute Gasteiger partial charge is 0.313 e. The lowest BCUT2D eigenvalue weighted by molar-refractivity contribution is -0.143. The minimum Gasteiger partial charge on any atom is -0.426 e. The second-order valence-corrected chi connectivity index (χ2v) is 6.05. The maximum absolute atomic E-state index is 13.6. The number of halogens is 1. The van der Waals surface area contributed by atoms with Crippen LogP contribution in [0, 0.1) is 5.82 Å². The average Bonchev–Trinajstić information content (AvgIpc) is 3.16. The fourth-order valence-corrected chi connectivity index (χ4v) is 3.37. The van der Waals surface area contributed by atoms with E-state index in [1.165, 1.54) is 24.3 Å². The summed E-state index contributed by atoms with van der Waals surface area (Å²) in [6, 6.07) is 14.1. The zero-order valence-corrected chi connectivity index (χ0v) is 14.4. The molecule has 6 nitrogen and oxygen atoms in total. The van der Waals surface area contributed by atoms with Gasteiger partial charge in [0, 0.05) is 5.39 Å². The molecule has 0 aliphatic carbocycles. The van der Waals surface area contributed by atoms with Crippen molar-refractivity contribution >= 4 is 28.6 Å². The summed E-state index contributed by atoms with van der Waals surface area (Å²) >= 11 is 0. The van der Waals surface area contributed by atoms with Gasteiger partial charge in [0.05, 0.1) is 24.7 Å². The molecule has 27 heavy (non-hydrogen) atoms. The van der Waals surface area contributed by atoms with Crippen LogP contribution < -0.4 is 4.74 Å². The number of fused-ring (bicyclic) bond motifs is 3. The zero-order chi connectivity index (χ0) is 19.0. The van der Waals surface area contributed by atoms with Crippen molar-refractivity contribution in [1.82, 2.24) is 9.63 Å². The summed E-state index contributed by atoms with van der Waals surface area (Å²) in [5.74, 6) is 1.52. The summed E-state index contributed by atoms with van der Waals surface area (Å²) in [5.41, 5.74) is 1.26. The van der Waals surface area contributed by atoms with Crippen molar-refractivity contribution in [3.05, 3.63) is 66.1 Å². The Morgan fingerprint density at radius 2 is 1.96 bits per heavy atom. The molecular formula is C20H15FN2O4. The molecule has 3 aromatic rings. The van der Waals surface area contributed by atoms with Crippen LogP contribution >= 0.6 is 0 Å². The first-order valence-corrected chi connectivity index (χ1v) is 8.28. The molecule has 136 valence electrons. The summed E-state index contributed by atoms with van der Waals surface area (Å²) in [5, 5.41) is 1.94. The van der Waals surface area contributed by atoms with E-state index in [1.807, 2.05) is 12.0 Å². The second-order valence-electron chi connectivity index (χ2n) is 6.05. The van der Waals surface area contributed by atoms with Crippen LogP contribution in [0.15, 0.2) is 54.6 Å². The van der Waals surface area contributed by atoms with Crippen LogP contribution in [0.1, 0.15) is 18.2 Å². The summed E-state index contributed by atoms with van der Waals surface area (Å²) in [4.78, 5) is 29.3. The van der Waals surface area contributed by atoms with E-state index >= 15 is 0 Å². The van der Waals surface area contributed by atoms with Crippen molar-refractivity contribution in [3.8, 4) is 5.75 Å². The predicted molar refractivity (Wildman–Crippen MR) is 95.6 cm³/mol. The van der Waals surface area contributed by atoms with Gasteiger partial charge in [-0.3, -0.25) is 14.2 Å². The first kappa shape index (κ1) is 17.0. The molecular weight excluding hydrogens is 351 g/mol.